The van der Waals surface area contributed by atoms with Gasteiger partial charge in [0, 0.05) is 25.2 Å². The van der Waals surface area contributed by atoms with Crippen molar-refractivity contribution in [1.82, 2.24) is 10.3 Å². The third-order valence-electron chi connectivity index (χ3n) is 3.16. The molecule has 0 fully saturated rings. The molecule has 0 aliphatic rings. The lowest BCUT2D eigenvalue weighted by atomic mass is 10.1. The second-order valence-electron chi connectivity index (χ2n) is 4.71. The number of rotatable bonds is 6. The Morgan fingerprint density at radius 3 is 2.95 bits per heavy atom. The Kier molecular flexibility index (Phi) is 5.74. The highest BCUT2D eigenvalue weighted by atomic mass is 32.1. The molecule has 22 heavy (non-hydrogen) atoms. The van der Waals surface area contributed by atoms with Gasteiger partial charge < -0.3 is 20.7 Å². The number of urea groups is 1. The van der Waals surface area contributed by atoms with Crippen LogP contribution in [0.1, 0.15) is 24.3 Å². The van der Waals surface area contributed by atoms with Crippen LogP contribution in [0.2, 0.25) is 0 Å². The maximum atomic E-state index is 11.9. The molecule has 7 heteroatoms. The molecule has 0 spiro atoms. The van der Waals surface area contributed by atoms with E-state index in [1.807, 2.05) is 43.6 Å². The highest BCUT2D eigenvalue weighted by Crippen LogP contribution is 2.19. The van der Waals surface area contributed by atoms with Crippen LogP contribution in [-0.2, 0) is 11.3 Å². The molecule has 0 aliphatic heterocycles. The smallest absolute Gasteiger partial charge is 0.319 e. The van der Waals surface area contributed by atoms with Gasteiger partial charge >= 0.3 is 6.03 Å². The first kappa shape index (κ1) is 16.3. The van der Waals surface area contributed by atoms with Crippen molar-refractivity contribution in [3.63, 3.8) is 0 Å². The number of methoxy groups -OCH3 is 1. The molecule has 2 aromatic rings. The van der Waals surface area contributed by atoms with Crippen molar-refractivity contribution in [2.75, 3.05) is 24.8 Å². The number of ether oxygens (including phenoxy) is 1. The molecule has 0 aliphatic carbocycles. The lowest BCUT2D eigenvalue weighted by Crippen LogP contribution is -2.28. The average molecular weight is 320 g/mol. The molecular formula is C15H20N4O2S. The minimum absolute atomic E-state index is 0.0141. The van der Waals surface area contributed by atoms with E-state index in [4.69, 9.17) is 4.74 Å². The summed E-state index contributed by atoms with van der Waals surface area (Å²) in [5.74, 6) is 0. The number of carbonyl (C=O) groups excluding carboxylic acids is 1. The second kappa shape index (κ2) is 7.77. The topological polar surface area (TPSA) is 75.3 Å². The molecule has 1 atom stereocenters. The number of aromatic nitrogens is 1. The van der Waals surface area contributed by atoms with Crippen molar-refractivity contribution in [3.8, 4) is 0 Å². The van der Waals surface area contributed by atoms with Crippen molar-refractivity contribution in [1.29, 1.82) is 0 Å². The Hall–Kier alpha value is -2.12. The van der Waals surface area contributed by atoms with Crippen LogP contribution in [0.5, 0.6) is 0 Å². The summed E-state index contributed by atoms with van der Waals surface area (Å²) in [7, 11) is 3.47. The summed E-state index contributed by atoms with van der Waals surface area (Å²) < 4.78 is 5.27. The van der Waals surface area contributed by atoms with E-state index < -0.39 is 0 Å². The van der Waals surface area contributed by atoms with E-state index in [2.05, 4.69) is 20.9 Å². The Morgan fingerprint density at radius 1 is 1.45 bits per heavy atom. The summed E-state index contributed by atoms with van der Waals surface area (Å²) in [6.07, 6.45) is -0.0141. The first-order chi connectivity index (χ1) is 10.6. The predicted molar refractivity (Wildman–Crippen MR) is 89.4 cm³/mol. The maximum absolute atomic E-state index is 11.9. The summed E-state index contributed by atoms with van der Waals surface area (Å²) in [5.41, 5.74) is 2.57. The van der Waals surface area contributed by atoms with E-state index >= 15 is 0 Å². The number of amides is 2. The zero-order chi connectivity index (χ0) is 15.9. The molecule has 1 aromatic heterocycles. The zero-order valence-electron chi connectivity index (χ0n) is 12.8. The van der Waals surface area contributed by atoms with Crippen LogP contribution in [0.15, 0.2) is 29.6 Å². The first-order valence-electron chi connectivity index (χ1n) is 6.92. The second-order valence-corrected chi connectivity index (χ2v) is 5.56. The molecule has 1 heterocycles. The van der Waals surface area contributed by atoms with Gasteiger partial charge in [-0.1, -0.05) is 12.1 Å². The van der Waals surface area contributed by atoms with Gasteiger partial charge in [0.15, 0.2) is 5.13 Å². The number of hydrogen-bond acceptors (Lipinski definition) is 5. The van der Waals surface area contributed by atoms with Crippen LogP contribution in [-0.4, -0.2) is 25.2 Å². The Labute approximate surface area is 133 Å². The molecule has 0 saturated heterocycles. The maximum Gasteiger partial charge on any atom is 0.319 e. The van der Waals surface area contributed by atoms with Crippen molar-refractivity contribution < 1.29 is 9.53 Å². The van der Waals surface area contributed by atoms with Gasteiger partial charge in [-0.25, -0.2) is 9.78 Å². The van der Waals surface area contributed by atoms with Crippen LogP contribution >= 0.6 is 11.3 Å². The minimum atomic E-state index is -0.263. The molecule has 0 saturated carbocycles. The van der Waals surface area contributed by atoms with Crippen molar-refractivity contribution in [3.05, 3.63) is 40.9 Å². The van der Waals surface area contributed by atoms with Gasteiger partial charge in [-0.05, 0) is 24.6 Å². The van der Waals surface area contributed by atoms with E-state index in [-0.39, 0.29) is 12.1 Å². The molecule has 1 aromatic carbocycles. The van der Waals surface area contributed by atoms with Gasteiger partial charge in [0.1, 0.15) is 0 Å². The normalized spacial score (nSPS) is 11.8. The van der Waals surface area contributed by atoms with Crippen LogP contribution in [0.25, 0.3) is 0 Å². The van der Waals surface area contributed by atoms with Crippen molar-refractivity contribution >= 4 is 28.2 Å². The Bertz CT molecular complexity index is 630. The standard InChI is InChI=1S/C15H20N4O2S/c1-10(21-3)11-5-4-6-12(7-11)18-14(20)17-8-13-9-22-15(16-2)19-13/h4-7,9-10H,8H2,1-3H3,(H,16,19)(H2,17,18,20)/t10-/m1/s1. The van der Waals surface area contributed by atoms with Crippen molar-refractivity contribution in [2.45, 2.75) is 19.6 Å². The summed E-state index contributed by atoms with van der Waals surface area (Å²) in [6, 6.07) is 7.33. The molecule has 118 valence electrons. The van der Waals surface area contributed by atoms with E-state index in [0.29, 0.717) is 6.54 Å². The zero-order valence-corrected chi connectivity index (χ0v) is 13.7. The molecule has 0 unspecified atom stereocenters. The number of nitrogens with zero attached hydrogens (tertiary/aromatic N) is 1. The highest BCUT2D eigenvalue weighted by Gasteiger charge is 2.07. The summed E-state index contributed by atoms with van der Waals surface area (Å²) in [4.78, 5) is 16.2. The van der Waals surface area contributed by atoms with Gasteiger partial charge in [0.2, 0.25) is 0 Å². The number of benzene rings is 1. The summed E-state index contributed by atoms with van der Waals surface area (Å²) in [5, 5.41) is 11.3. The number of nitrogens with one attached hydrogen (secondary N) is 3. The molecule has 6 nitrogen and oxygen atoms in total. The lowest BCUT2D eigenvalue weighted by Gasteiger charge is -2.12. The van der Waals surface area contributed by atoms with Gasteiger partial charge in [-0.2, -0.15) is 0 Å². The molecule has 0 bridgehead atoms. The van der Waals surface area contributed by atoms with Crippen LogP contribution < -0.4 is 16.0 Å². The van der Waals surface area contributed by atoms with Crippen LogP contribution in [0.4, 0.5) is 15.6 Å². The lowest BCUT2D eigenvalue weighted by molar-refractivity contribution is 0.119. The SMILES string of the molecule is CNc1nc(CNC(=O)Nc2cccc([C@@H](C)OC)c2)cs1. The fourth-order valence-electron chi connectivity index (χ4n) is 1.85. The largest absolute Gasteiger partial charge is 0.377 e. The van der Waals surface area contributed by atoms with Crippen LogP contribution in [0, 0.1) is 0 Å². The molecule has 2 rings (SSSR count). The molecule has 0 radical (unpaired) electrons. The van der Waals surface area contributed by atoms with Gasteiger partial charge in [0.05, 0.1) is 18.3 Å². The number of thiazole rings is 1. The van der Waals surface area contributed by atoms with E-state index in [9.17, 15) is 4.79 Å². The number of hydrogen-bond donors (Lipinski definition) is 3. The summed E-state index contributed by atoms with van der Waals surface area (Å²) >= 11 is 1.51. The van der Waals surface area contributed by atoms with Crippen LogP contribution in [0.3, 0.4) is 0 Å². The number of anilines is 2. The third kappa shape index (κ3) is 4.44. The molecule has 2 amide bonds. The van der Waals surface area contributed by atoms with E-state index in [0.717, 1.165) is 22.1 Å². The third-order valence-corrected chi connectivity index (χ3v) is 4.07. The van der Waals surface area contributed by atoms with E-state index in [1.54, 1.807) is 7.11 Å². The fraction of sp³-hybridized carbons (Fsp3) is 0.333. The molecular weight excluding hydrogens is 300 g/mol. The Morgan fingerprint density at radius 2 is 2.27 bits per heavy atom. The molecule has 3 N–H and O–H groups in total. The number of carbonyl (C=O) groups is 1. The van der Waals surface area contributed by atoms with Gasteiger partial charge in [-0.15, -0.1) is 11.3 Å². The first-order valence-corrected chi connectivity index (χ1v) is 7.80. The fourth-order valence-corrected chi connectivity index (χ4v) is 2.53. The van der Waals surface area contributed by atoms with Gasteiger partial charge in [-0.3, -0.25) is 0 Å². The van der Waals surface area contributed by atoms with Crippen molar-refractivity contribution in [2.24, 2.45) is 0 Å². The Balaban J connectivity index is 1.89. The summed E-state index contributed by atoms with van der Waals surface area (Å²) in [6.45, 7) is 2.35. The quantitative estimate of drug-likeness (QED) is 0.764. The average Bonchev–Trinajstić information content (AvgIpc) is 3.00. The minimum Gasteiger partial charge on any atom is -0.377 e. The predicted octanol–water partition coefficient (Wildman–Crippen LogP) is 3.21. The van der Waals surface area contributed by atoms with E-state index in [1.165, 1.54) is 11.3 Å². The monoisotopic (exact) mass is 320 g/mol. The van der Waals surface area contributed by atoms with Gasteiger partial charge in [0.25, 0.3) is 0 Å². The highest BCUT2D eigenvalue weighted by molar-refractivity contribution is 7.13.